The Labute approximate surface area is 113 Å². The zero-order valence-electron chi connectivity index (χ0n) is 11.0. The fourth-order valence-corrected chi connectivity index (χ4v) is 2.79. The topological polar surface area (TPSA) is 47.3 Å². The molecule has 1 aliphatic rings. The molecular formula is C13H21ClN2O2. The summed E-state index contributed by atoms with van der Waals surface area (Å²) in [5, 5.41) is 15.4. The van der Waals surface area contributed by atoms with Gasteiger partial charge in [-0.3, -0.25) is 4.68 Å². The van der Waals surface area contributed by atoms with Gasteiger partial charge < -0.3 is 9.84 Å². The first-order valence-corrected chi connectivity index (χ1v) is 7.08. The number of aliphatic hydroxyl groups excluding tert-OH is 1. The van der Waals surface area contributed by atoms with Gasteiger partial charge in [0.15, 0.2) is 0 Å². The Morgan fingerprint density at radius 1 is 1.56 bits per heavy atom. The minimum atomic E-state index is -0.489. The highest BCUT2D eigenvalue weighted by molar-refractivity contribution is 6.31. The Morgan fingerprint density at radius 3 is 2.89 bits per heavy atom. The van der Waals surface area contributed by atoms with Crippen molar-refractivity contribution in [2.24, 2.45) is 0 Å². The highest BCUT2D eigenvalue weighted by atomic mass is 35.5. The summed E-state index contributed by atoms with van der Waals surface area (Å²) in [6.07, 6.45) is 2.75. The maximum absolute atomic E-state index is 10.2. The number of ether oxygens (including phenoxy) is 1. The van der Waals surface area contributed by atoms with Gasteiger partial charge in [-0.15, -0.1) is 0 Å². The number of hydrogen-bond donors (Lipinski definition) is 1. The smallest absolute Gasteiger partial charge is 0.0857 e. The minimum Gasteiger partial charge on any atom is -0.390 e. The molecule has 4 nitrogen and oxygen atoms in total. The van der Waals surface area contributed by atoms with Crippen molar-refractivity contribution in [2.45, 2.75) is 58.3 Å². The number of hydrogen-bond acceptors (Lipinski definition) is 3. The molecule has 0 aromatic carbocycles. The molecule has 18 heavy (non-hydrogen) atoms. The van der Waals surface area contributed by atoms with Crippen LogP contribution in [0.15, 0.2) is 0 Å². The van der Waals surface area contributed by atoms with Gasteiger partial charge in [0.1, 0.15) is 0 Å². The number of rotatable bonds is 5. The molecule has 1 fully saturated rings. The highest BCUT2D eigenvalue weighted by Crippen LogP contribution is 2.25. The average molecular weight is 273 g/mol. The second-order valence-electron chi connectivity index (χ2n) is 4.70. The van der Waals surface area contributed by atoms with Crippen LogP contribution in [0.1, 0.15) is 38.1 Å². The van der Waals surface area contributed by atoms with Gasteiger partial charge in [-0.05, 0) is 26.2 Å². The summed E-state index contributed by atoms with van der Waals surface area (Å²) in [6, 6.07) is 0. The van der Waals surface area contributed by atoms with Gasteiger partial charge in [0.05, 0.1) is 28.6 Å². The van der Waals surface area contributed by atoms with E-state index in [9.17, 15) is 5.11 Å². The van der Waals surface area contributed by atoms with E-state index in [0.717, 1.165) is 43.8 Å². The molecule has 0 radical (unpaired) electrons. The fraction of sp³-hybridized carbons (Fsp3) is 0.769. The zero-order valence-corrected chi connectivity index (χ0v) is 11.8. The molecule has 1 aromatic heterocycles. The molecule has 0 spiro atoms. The molecule has 1 aromatic rings. The standard InChI is InChI=1S/C13H21ClN2O2/c1-3-9-13(14)10(16(4-2)15-9)8-11(17)12-6-5-7-18-12/h11-12,17H,3-8H2,1-2H3. The summed E-state index contributed by atoms with van der Waals surface area (Å²) in [5.41, 5.74) is 1.84. The van der Waals surface area contributed by atoms with Crippen LogP contribution >= 0.6 is 11.6 Å². The van der Waals surface area contributed by atoms with Crippen LogP contribution in [0.3, 0.4) is 0 Å². The maximum Gasteiger partial charge on any atom is 0.0857 e. The van der Waals surface area contributed by atoms with Crippen LogP contribution in [0.4, 0.5) is 0 Å². The molecule has 0 saturated carbocycles. The molecule has 5 heteroatoms. The van der Waals surface area contributed by atoms with Gasteiger partial charge in [0, 0.05) is 19.6 Å². The second-order valence-corrected chi connectivity index (χ2v) is 5.08. The van der Waals surface area contributed by atoms with Crippen LogP contribution in [0.2, 0.25) is 5.02 Å². The van der Waals surface area contributed by atoms with Crippen molar-refractivity contribution in [3.8, 4) is 0 Å². The lowest BCUT2D eigenvalue weighted by Crippen LogP contribution is -2.28. The van der Waals surface area contributed by atoms with E-state index in [1.165, 1.54) is 0 Å². The zero-order chi connectivity index (χ0) is 13.1. The summed E-state index contributed by atoms with van der Waals surface area (Å²) in [7, 11) is 0. The van der Waals surface area contributed by atoms with Crippen molar-refractivity contribution in [1.29, 1.82) is 0 Å². The lowest BCUT2D eigenvalue weighted by atomic mass is 10.1. The molecule has 0 bridgehead atoms. The van der Waals surface area contributed by atoms with Crippen molar-refractivity contribution in [1.82, 2.24) is 9.78 Å². The highest BCUT2D eigenvalue weighted by Gasteiger charge is 2.27. The van der Waals surface area contributed by atoms with Gasteiger partial charge in [0.25, 0.3) is 0 Å². The minimum absolute atomic E-state index is 0.0497. The van der Waals surface area contributed by atoms with Crippen molar-refractivity contribution >= 4 is 11.6 Å². The van der Waals surface area contributed by atoms with Crippen LogP contribution in [0.5, 0.6) is 0 Å². The van der Waals surface area contributed by atoms with Crippen molar-refractivity contribution < 1.29 is 9.84 Å². The molecule has 2 atom stereocenters. The Morgan fingerprint density at radius 2 is 2.33 bits per heavy atom. The van der Waals surface area contributed by atoms with E-state index in [4.69, 9.17) is 16.3 Å². The third kappa shape index (κ3) is 2.71. The molecule has 0 aliphatic carbocycles. The van der Waals surface area contributed by atoms with Crippen LogP contribution in [0, 0.1) is 0 Å². The molecule has 1 N–H and O–H groups in total. The van der Waals surface area contributed by atoms with Crippen LogP contribution in [-0.2, 0) is 24.1 Å². The predicted octanol–water partition coefficient (Wildman–Crippen LogP) is 2.20. The lowest BCUT2D eigenvalue weighted by Gasteiger charge is -2.17. The van der Waals surface area contributed by atoms with Crippen LogP contribution in [-0.4, -0.2) is 33.7 Å². The van der Waals surface area contributed by atoms with Crippen LogP contribution in [0.25, 0.3) is 0 Å². The summed E-state index contributed by atoms with van der Waals surface area (Å²) < 4.78 is 7.40. The summed E-state index contributed by atoms with van der Waals surface area (Å²) in [4.78, 5) is 0. The number of halogens is 1. The SMILES string of the molecule is CCc1nn(CC)c(CC(O)C2CCCO2)c1Cl. The number of aromatic nitrogens is 2. The summed E-state index contributed by atoms with van der Waals surface area (Å²) in [5.74, 6) is 0. The third-order valence-corrected chi connectivity index (χ3v) is 3.93. The summed E-state index contributed by atoms with van der Waals surface area (Å²) >= 11 is 6.32. The molecule has 1 aliphatic heterocycles. The Bertz CT molecular complexity index is 400. The molecular weight excluding hydrogens is 252 g/mol. The van der Waals surface area contributed by atoms with E-state index in [-0.39, 0.29) is 6.10 Å². The maximum atomic E-state index is 10.2. The first-order valence-electron chi connectivity index (χ1n) is 6.71. The first-order chi connectivity index (χ1) is 8.67. The van der Waals surface area contributed by atoms with Gasteiger partial charge in [-0.2, -0.15) is 5.10 Å². The van der Waals surface area contributed by atoms with Crippen molar-refractivity contribution in [3.63, 3.8) is 0 Å². The first kappa shape index (κ1) is 13.8. The Hall–Kier alpha value is -0.580. The quantitative estimate of drug-likeness (QED) is 0.894. The van der Waals surface area contributed by atoms with Crippen LogP contribution < -0.4 is 0 Å². The fourth-order valence-electron chi connectivity index (χ4n) is 2.45. The summed E-state index contributed by atoms with van der Waals surface area (Å²) in [6.45, 7) is 5.59. The second kappa shape index (κ2) is 6.04. The number of nitrogens with zero attached hydrogens (tertiary/aromatic N) is 2. The van der Waals surface area contributed by atoms with Gasteiger partial charge in [-0.25, -0.2) is 0 Å². The molecule has 0 amide bonds. The normalized spacial score (nSPS) is 21.4. The van der Waals surface area contributed by atoms with Gasteiger partial charge in [-0.1, -0.05) is 18.5 Å². The Kier molecular flexibility index (Phi) is 4.65. The van der Waals surface area contributed by atoms with Gasteiger partial charge >= 0.3 is 0 Å². The van der Waals surface area contributed by atoms with E-state index in [2.05, 4.69) is 5.10 Å². The average Bonchev–Trinajstić information content (AvgIpc) is 2.99. The molecule has 2 heterocycles. The lowest BCUT2D eigenvalue weighted by molar-refractivity contribution is -0.00166. The molecule has 1 saturated heterocycles. The monoisotopic (exact) mass is 272 g/mol. The molecule has 2 unspecified atom stereocenters. The number of aliphatic hydroxyl groups is 1. The molecule has 102 valence electrons. The van der Waals surface area contributed by atoms with Crippen molar-refractivity contribution in [2.75, 3.05) is 6.61 Å². The largest absolute Gasteiger partial charge is 0.390 e. The third-order valence-electron chi connectivity index (χ3n) is 3.49. The predicted molar refractivity (Wildman–Crippen MR) is 71.0 cm³/mol. The Balaban J connectivity index is 2.14. The van der Waals surface area contributed by atoms with E-state index < -0.39 is 6.10 Å². The van der Waals surface area contributed by atoms with E-state index in [0.29, 0.717) is 11.4 Å². The molecule has 2 rings (SSSR count). The van der Waals surface area contributed by atoms with E-state index in [1.807, 2.05) is 18.5 Å². The van der Waals surface area contributed by atoms with E-state index in [1.54, 1.807) is 0 Å². The van der Waals surface area contributed by atoms with Gasteiger partial charge in [0.2, 0.25) is 0 Å². The van der Waals surface area contributed by atoms with Crippen molar-refractivity contribution in [3.05, 3.63) is 16.4 Å². The number of aryl methyl sites for hydroxylation is 2. The van der Waals surface area contributed by atoms with E-state index >= 15 is 0 Å².